The molecular formula is C13H16FN3O4. The standard InChI is InChI=1S/C13H16FN3O4/c14-9-3-1-2-4-10(9)16-12(19)5-6-17(7-11(15)18)8-13(20)21/h1-4H,5-8H2,(H2,15,18)(H,16,19)(H,20,21). The van der Waals surface area contributed by atoms with E-state index in [0.29, 0.717) is 0 Å². The Hall–Kier alpha value is -2.48. The number of nitrogens with zero attached hydrogens (tertiary/aromatic N) is 1. The molecule has 114 valence electrons. The number of carboxylic acid groups (broad SMARTS) is 1. The van der Waals surface area contributed by atoms with Crippen LogP contribution in [0.25, 0.3) is 0 Å². The molecule has 0 unspecified atom stereocenters. The second-order valence-electron chi connectivity index (χ2n) is 4.35. The molecule has 0 atom stereocenters. The van der Waals surface area contributed by atoms with Crippen LogP contribution in [0.5, 0.6) is 0 Å². The number of benzene rings is 1. The molecule has 0 fully saturated rings. The van der Waals surface area contributed by atoms with E-state index < -0.39 is 30.1 Å². The lowest BCUT2D eigenvalue weighted by atomic mass is 10.3. The number of carbonyl (C=O) groups is 3. The number of aliphatic carboxylic acids is 1. The maximum atomic E-state index is 13.3. The number of rotatable bonds is 8. The van der Waals surface area contributed by atoms with E-state index in [1.165, 1.54) is 23.1 Å². The van der Waals surface area contributed by atoms with Crippen molar-refractivity contribution in [3.63, 3.8) is 0 Å². The Labute approximate surface area is 120 Å². The molecule has 0 aliphatic carbocycles. The van der Waals surface area contributed by atoms with Crippen molar-refractivity contribution in [3.8, 4) is 0 Å². The average Bonchev–Trinajstić information content (AvgIpc) is 2.37. The molecule has 8 heteroatoms. The molecule has 0 saturated carbocycles. The second-order valence-corrected chi connectivity index (χ2v) is 4.35. The highest BCUT2D eigenvalue weighted by Gasteiger charge is 2.14. The molecule has 0 heterocycles. The summed E-state index contributed by atoms with van der Waals surface area (Å²) in [7, 11) is 0. The predicted octanol–water partition coefficient (Wildman–Crippen LogP) is 0.0262. The van der Waals surface area contributed by atoms with Gasteiger partial charge in [0, 0.05) is 13.0 Å². The summed E-state index contributed by atoms with van der Waals surface area (Å²) in [5.74, 6) is -2.87. The van der Waals surface area contributed by atoms with Gasteiger partial charge in [-0.25, -0.2) is 4.39 Å². The van der Waals surface area contributed by atoms with Crippen LogP contribution >= 0.6 is 0 Å². The van der Waals surface area contributed by atoms with Gasteiger partial charge in [-0.2, -0.15) is 0 Å². The SMILES string of the molecule is NC(=O)CN(CCC(=O)Nc1ccccc1F)CC(=O)O. The quantitative estimate of drug-likeness (QED) is 0.626. The number of carboxylic acids is 1. The van der Waals surface area contributed by atoms with E-state index in [1.54, 1.807) is 6.07 Å². The zero-order valence-corrected chi connectivity index (χ0v) is 11.2. The summed E-state index contributed by atoms with van der Waals surface area (Å²) in [5, 5.41) is 11.1. The van der Waals surface area contributed by atoms with Crippen LogP contribution in [0.3, 0.4) is 0 Å². The van der Waals surface area contributed by atoms with Gasteiger partial charge in [-0.05, 0) is 12.1 Å². The summed E-state index contributed by atoms with van der Waals surface area (Å²) in [6.45, 7) is -0.648. The van der Waals surface area contributed by atoms with E-state index in [4.69, 9.17) is 10.8 Å². The first kappa shape index (κ1) is 16.6. The third-order valence-corrected chi connectivity index (χ3v) is 2.54. The van der Waals surface area contributed by atoms with Crippen molar-refractivity contribution >= 4 is 23.5 Å². The van der Waals surface area contributed by atoms with Crippen LogP contribution in [0, 0.1) is 5.82 Å². The van der Waals surface area contributed by atoms with Crippen molar-refractivity contribution in [3.05, 3.63) is 30.1 Å². The van der Waals surface area contributed by atoms with Gasteiger partial charge in [0.2, 0.25) is 11.8 Å². The maximum Gasteiger partial charge on any atom is 0.317 e. The Kier molecular flexibility index (Phi) is 6.28. The Balaban J connectivity index is 2.51. The molecule has 0 saturated heterocycles. The summed E-state index contributed by atoms with van der Waals surface area (Å²) in [4.78, 5) is 34.3. The molecule has 1 aromatic carbocycles. The minimum atomic E-state index is -1.13. The Bertz CT molecular complexity index is 520. The van der Waals surface area contributed by atoms with Gasteiger partial charge in [0.15, 0.2) is 0 Å². The van der Waals surface area contributed by atoms with Gasteiger partial charge in [0.05, 0.1) is 18.8 Å². The van der Waals surface area contributed by atoms with Crippen LogP contribution in [0.2, 0.25) is 0 Å². The maximum absolute atomic E-state index is 13.3. The lowest BCUT2D eigenvalue weighted by Crippen LogP contribution is -2.39. The lowest BCUT2D eigenvalue weighted by molar-refractivity contribution is -0.139. The van der Waals surface area contributed by atoms with Gasteiger partial charge in [-0.1, -0.05) is 12.1 Å². The number of nitrogens with two attached hydrogens (primary N) is 1. The molecule has 1 rings (SSSR count). The largest absolute Gasteiger partial charge is 0.480 e. The average molecular weight is 297 g/mol. The minimum Gasteiger partial charge on any atom is -0.480 e. The number of amides is 2. The number of para-hydroxylation sites is 1. The van der Waals surface area contributed by atoms with Gasteiger partial charge in [-0.3, -0.25) is 19.3 Å². The number of nitrogens with one attached hydrogen (secondary N) is 1. The molecule has 0 radical (unpaired) electrons. The fourth-order valence-corrected chi connectivity index (χ4v) is 1.66. The van der Waals surface area contributed by atoms with E-state index in [-0.39, 0.29) is 25.2 Å². The first-order valence-corrected chi connectivity index (χ1v) is 6.15. The predicted molar refractivity (Wildman–Crippen MR) is 72.9 cm³/mol. The topological polar surface area (TPSA) is 113 Å². The Morgan fingerprint density at radius 2 is 1.90 bits per heavy atom. The number of halogens is 1. The summed E-state index contributed by atoms with van der Waals surface area (Å²) < 4.78 is 13.3. The smallest absolute Gasteiger partial charge is 0.317 e. The van der Waals surface area contributed by atoms with Crippen LogP contribution in [0.1, 0.15) is 6.42 Å². The first-order valence-electron chi connectivity index (χ1n) is 6.15. The molecule has 0 bridgehead atoms. The van der Waals surface area contributed by atoms with Crippen molar-refractivity contribution < 1.29 is 23.9 Å². The van der Waals surface area contributed by atoms with Gasteiger partial charge < -0.3 is 16.2 Å². The van der Waals surface area contributed by atoms with Crippen molar-refractivity contribution in [1.82, 2.24) is 4.90 Å². The van der Waals surface area contributed by atoms with Crippen LogP contribution in [-0.4, -0.2) is 47.4 Å². The van der Waals surface area contributed by atoms with E-state index >= 15 is 0 Å². The van der Waals surface area contributed by atoms with Gasteiger partial charge in [0.1, 0.15) is 5.82 Å². The molecule has 7 nitrogen and oxygen atoms in total. The van der Waals surface area contributed by atoms with Crippen molar-refractivity contribution in [2.75, 3.05) is 25.0 Å². The fraction of sp³-hybridized carbons (Fsp3) is 0.308. The molecule has 0 spiro atoms. The van der Waals surface area contributed by atoms with Gasteiger partial charge in [0.25, 0.3) is 0 Å². The molecule has 2 amide bonds. The van der Waals surface area contributed by atoms with Crippen LogP contribution in [0.4, 0.5) is 10.1 Å². The second kappa shape index (κ2) is 7.95. The van der Waals surface area contributed by atoms with Gasteiger partial charge in [-0.15, -0.1) is 0 Å². The highest BCUT2D eigenvalue weighted by molar-refractivity contribution is 5.91. The Morgan fingerprint density at radius 1 is 1.24 bits per heavy atom. The monoisotopic (exact) mass is 297 g/mol. The lowest BCUT2D eigenvalue weighted by Gasteiger charge is -2.17. The van der Waals surface area contributed by atoms with Crippen LogP contribution < -0.4 is 11.1 Å². The summed E-state index contributed by atoms with van der Waals surface area (Å²) in [5.41, 5.74) is 5.04. The molecule has 0 aliphatic rings. The number of primary amides is 1. The highest BCUT2D eigenvalue weighted by Crippen LogP contribution is 2.12. The summed E-state index contributed by atoms with van der Waals surface area (Å²) in [6, 6.07) is 5.68. The molecule has 0 aromatic heterocycles. The number of hydrogen-bond acceptors (Lipinski definition) is 4. The summed E-state index contributed by atoms with van der Waals surface area (Å²) in [6.07, 6.45) is -0.0884. The summed E-state index contributed by atoms with van der Waals surface area (Å²) >= 11 is 0. The van der Waals surface area contributed by atoms with Crippen molar-refractivity contribution in [2.45, 2.75) is 6.42 Å². The van der Waals surface area contributed by atoms with Crippen LogP contribution in [-0.2, 0) is 14.4 Å². The van der Waals surface area contributed by atoms with E-state index in [0.717, 1.165) is 0 Å². The molecule has 21 heavy (non-hydrogen) atoms. The molecule has 4 N–H and O–H groups in total. The third kappa shape index (κ3) is 6.48. The van der Waals surface area contributed by atoms with Crippen molar-refractivity contribution in [2.24, 2.45) is 5.73 Å². The minimum absolute atomic E-state index is 0.0233. The number of anilines is 1. The van der Waals surface area contributed by atoms with Crippen molar-refractivity contribution in [1.29, 1.82) is 0 Å². The van der Waals surface area contributed by atoms with E-state index in [2.05, 4.69) is 5.32 Å². The molecule has 0 aliphatic heterocycles. The normalized spacial score (nSPS) is 10.4. The van der Waals surface area contributed by atoms with Gasteiger partial charge >= 0.3 is 5.97 Å². The molecular weight excluding hydrogens is 281 g/mol. The third-order valence-electron chi connectivity index (χ3n) is 2.54. The number of carbonyl (C=O) groups excluding carboxylic acids is 2. The zero-order chi connectivity index (χ0) is 15.8. The van der Waals surface area contributed by atoms with E-state index in [1.807, 2.05) is 0 Å². The van der Waals surface area contributed by atoms with E-state index in [9.17, 15) is 18.8 Å². The highest BCUT2D eigenvalue weighted by atomic mass is 19.1. The zero-order valence-electron chi connectivity index (χ0n) is 11.2. The Morgan fingerprint density at radius 3 is 2.48 bits per heavy atom. The molecule has 1 aromatic rings. The van der Waals surface area contributed by atoms with Crippen LogP contribution in [0.15, 0.2) is 24.3 Å². The number of hydrogen-bond donors (Lipinski definition) is 3. The fourth-order valence-electron chi connectivity index (χ4n) is 1.66. The first-order chi connectivity index (χ1) is 9.88.